The third kappa shape index (κ3) is 5.90. The predicted octanol–water partition coefficient (Wildman–Crippen LogP) is 3.95. The zero-order valence-corrected chi connectivity index (χ0v) is 7.90. The van der Waals surface area contributed by atoms with Crippen LogP contribution in [0.4, 0.5) is 0 Å². The molecule has 0 aromatic heterocycles. The van der Waals surface area contributed by atoms with Gasteiger partial charge in [-0.25, -0.2) is 0 Å². The van der Waals surface area contributed by atoms with Gasteiger partial charge < -0.3 is 0 Å². The van der Waals surface area contributed by atoms with E-state index in [-0.39, 0.29) is 0 Å². The molecule has 11 heavy (non-hydrogen) atoms. The van der Waals surface area contributed by atoms with Gasteiger partial charge in [0.25, 0.3) is 0 Å². The molecular weight excluding hydrogens is 132 g/mol. The van der Waals surface area contributed by atoms with Crippen molar-refractivity contribution in [1.82, 2.24) is 0 Å². The molecule has 0 N–H and O–H groups in total. The summed E-state index contributed by atoms with van der Waals surface area (Å²) >= 11 is 0. The van der Waals surface area contributed by atoms with Crippen LogP contribution in [0.15, 0.2) is 24.8 Å². The first-order chi connectivity index (χ1) is 5.18. The topological polar surface area (TPSA) is 0 Å². The molecule has 0 aliphatic carbocycles. The fourth-order valence-electron chi connectivity index (χ4n) is 0.986. The number of rotatable bonds is 6. The van der Waals surface area contributed by atoms with Crippen LogP contribution in [0.25, 0.3) is 0 Å². The molecule has 0 saturated heterocycles. The monoisotopic (exact) mass is 152 g/mol. The minimum absolute atomic E-state index is 0.694. The van der Waals surface area contributed by atoms with E-state index in [1.165, 1.54) is 24.8 Å². The van der Waals surface area contributed by atoms with Gasteiger partial charge in [-0.15, -0.1) is 6.58 Å². The normalized spacial score (nSPS) is 12.5. The van der Waals surface area contributed by atoms with Crippen LogP contribution in [0.1, 0.15) is 39.5 Å². The van der Waals surface area contributed by atoms with E-state index in [1.54, 1.807) is 0 Å². The minimum Gasteiger partial charge on any atom is -0.103 e. The van der Waals surface area contributed by atoms with Gasteiger partial charge in [-0.2, -0.15) is 0 Å². The summed E-state index contributed by atoms with van der Waals surface area (Å²) < 4.78 is 0. The van der Waals surface area contributed by atoms with E-state index in [2.05, 4.69) is 27.0 Å². The molecule has 1 unspecified atom stereocenters. The first-order valence-corrected chi connectivity index (χ1v) is 4.44. The van der Waals surface area contributed by atoms with Crippen molar-refractivity contribution in [3.8, 4) is 0 Å². The lowest BCUT2D eigenvalue weighted by molar-refractivity contribution is 0.562. The highest BCUT2D eigenvalue weighted by molar-refractivity contribution is 4.93. The van der Waals surface area contributed by atoms with E-state index in [1.807, 2.05) is 6.08 Å². The molecule has 0 radical (unpaired) electrons. The van der Waals surface area contributed by atoms with E-state index in [9.17, 15) is 0 Å². The van der Waals surface area contributed by atoms with Gasteiger partial charge in [0.15, 0.2) is 0 Å². The van der Waals surface area contributed by atoms with Gasteiger partial charge in [-0.1, -0.05) is 31.6 Å². The quantitative estimate of drug-likeness (QED) is 0.399. The van der Waals surface area contributed by atoms with Crippen LogP contribution in [0.5, 0.6) is 0 Å². The standard InChI is InChI=1S/C11H20/c1-5-6-7-8-9-11(4)10(2)3/h5,11H,1-2,6-9H2,3-4H3. The average Bonchev–Trinajstić information content (AvgIpc) is 1.97. The van der Waals surface area contributed by atoms with Gasteiger partial charge >= 0.3 is 0 Å². The van der Waals surface area contributed by atoms with Crippen LogP contribution < -0.4 is 0 Å². The van der Waals surface area contributed by atoms with Gasteiger partial charge in [0.05, 0.1) is 0 Å². The predicted molar refractivity (Wildman–Crippen MR) is 52.6 cm³/mol. The molecular formula is C11H20. The minimum atomic E-state index is 0.694. The molecule has 0 aromatic carbocycles. The molecule has 0 bridgehead atoms. The third-order valence-electron chi connectivity index (χ3n) is 2.14. The molecule has 0 saturated carbocycles. The van der Waals surface area contributed by atoms with Crippen LogP contribution in [-0.4, -0.2) is 0 Å². The maximum atomic E-state index is 3.93. The van der Waals surface area contributed by atoms with Crippen molar-refractivity contribution in [2.45, 2.75) is 39.5 Å². The molecule has 0 aliphatic rings. The number of allylic oxidation sites excluding steroid dienone is 2. The lowest BCUT2D eigenvalue weighted by atomic mass is 9.97. The molecule has 64 valence electrons. The Hall–Kier alpha value is -0.520. The second-order valence-electron chi connectivity index (χ2n) is 3.32. The van der Waals surface area contributed by atoms with Crippen molar-refractivity contribution in [2.24, 2.45) is 5.92 Å². The molecule has 0 heteroatoms. The highest BCUT2D eigenvalue weighted by atomic mass is 14.1. The Labute approximate surface area is 71.0 Å². The molecule has 0 nitrogen and oxygen atoms in total. The molecule has 0 spiro atoms. The molecule has 0 rings (SSSR count). The second-order valence-corrected chi connectivity index (χ2v) is 3.32. The molecule has 0 aliphatic heterocycles. The van der Waals surface area contributed by atoms with Crippen molar-refractivity contribution in [3.63, 3.8) is 0 Å². The highest BCUT2D eigenvalue weighted by Gasteiger charge is 2.00. The Bertz CT molecular complexity index is 122. The Morgan fingerprint density at radius 3 is 2.55 bits per heavy atom. The SMILES string of the molecule is C=CCCCCC(C)C(=C)C. The summed E-state index contributed by atoms with van der Waals surface area (Å²) in [6, 6.07) is 0. The average molecular weight is 152 g/mol. The molecule has 0 heterocycles. The lowest BCUT2D eigenvalue weighted by Gasteiger charge is -2.09. The van der Waals surface area contributed by atoms with Crippen molar-refractivity contribution < 1.29 is 0 Å². The maximum Gasteiger partial charge on any atom is -0.0237 e. The van der Waals surface area contributed by atoms with Crippen LogP contribution in [0.3, 0.4) is 0 Å². The Kier molecular flexibility index (Phi) is 5.91. The van der Waals surface area contributed by atoms with Gasteiger partial charge in [0.2, 0.25) is 0 Å². The zero-order chi connectivity index (χ0) is 8.69. The molecule has 0 aromatic rings. The van der Waals surface area contributed by atoms with Crippen molar-refractivity contribution in [2.75, 3.05) is 0 Å². The summed E-state index contributed by atoms with van der Waals surface area (Å²) in [5.74, 6) is 0.694. The van der Waals surface area contributed by atoms with Gasteiger partial charge in [0, 0.05) is 0 Å². The fraction of sp³-hybridized carbons (Fsp3) is 0.636. The maximum absolute atomic E-state index is 3.93. The van der Waals surface area contributed by atoms with Gasteiger partial charge in [-0.3, -0.25) is 0 Å². The first-order valence-electron chi connectivity index (χ1n) is 4.44. The number of hydrogen-bond acceptors (Lipinski definition) is 0. The Balaban J connectivity index is 3.24. The molecule has 1 atom stereocenters. The third-order valence-corrected chi connectivity index (χ3v) is 2.14. The summed E-state index contributed by atoms with van der Waals surface area (Å²) in [6.07, 6.45) is 7.01. The first kappa shape index (κ1) is 10.5. The smallest absolute Gasteiger partial charge is 0.0237 e. The lowest BCUT2D eigenvalue weighted by Crippen LogP contribution is -1.94. The van der Waals surface area contributed by atoms with E-state index >= 15 is 0 Å². The van der Waals surface area contributed by atoms with Crippen LogP contribution in [-0.2, 0) is 0 Å². The van der Waals surface area contributed by atoms with E-state index < -0.39 is 0 Å². The van der Waals surface area contributed by atoms with Crippen molar-refractivity contribution in [3.05, 3.63) is 24.8 Å². The van der Waals surface area contributed by atoms with Crippen LogP contribution in [0, 0.1) is 5.92 Å². The second kappa shape index (κ2) is 6.21. The van der Waals surface area contributed by atoms with Crippen LogP contribution in [0.2, 0.25) is 0 Å². The molecule has 0 amide bonds. The van der Waals surface area contributed by atoms with Crippen LogP contribution >= 0.6 is 0 Å². The van der Waals surface area contributed by atoms with Crippen molar-refractivity contribution in [1.29, 1.82) is 0 Å². The van der Waals surface area contributed by atoms with E-state index in [0.717, 1.165) is 6.42 Å². The van der Waals surface area contributed by atoms with Gasteiger partial charge in [0.1, 0.15) is 0 Å². The van der Waals surface area contributed by atoms with E-state index in [0.29, 0.717) is 5.92 Å². The van der Waals surface area contributed by atoms with E-state index in [4.69, 9.17) is 0 Å². The summed E-state index contributed by atoms with van der Waals surface area (Å²) in [5.41, 5.74) is 1.31. The summed E-state index contributed by atoms with van der Waals surface area (Å²) in [4.78, 5) is 0. The summed E-state index contributed by atoms with van der Waals surface area (Å²) in [6.45, 7) is 12.0. The number of hydrogen-bond donors (Lipinski definition) is 0. The Morgan fingerprint density at radius 2 is 2.09 bits per heavy atom. The summed E-state index contributed by atoms with van der Waals surface area (Å²) in [5, 5.41) is 0. The Morgan fingerprint density at radius 1 is 1.45 bits per heavy atom. The summed E-state index contributed by atoms with van der Waals surface area (Å²) in [7, 11) is 0. The number of unbranched alkanes of at least 4 members (excludes halogenated alkanes) is 2. The van der Waals surface area contributed by atoms with Crippen molar-refractivity contribution >= 4 is 0 Å². The zero-order valence-electron chi connectivity index (χ0n) is 7.90. The highest BCUT2D eigenvalue weighted by Crippen LogP contribution is 2.15. The molecule has 0 fully saturated rings. The van der Waals surface area contributed by atoms with Gasteiger partial charge in [-0.05, 0) is 32.1 Å². The fourth-order valence-corrected chi connectivity index (χ4v) is 0.986. The largest absolute Gasteiger partial charge is 0.103 e.